The van der Waals surface area contributed by atoms with Crippen molar-refractivity contribution in [1.82, 2.24) is 20.1 Å². The molecule has 0 fully saturated rings. The van der Waals surface area contributed by atoms with Gasteiger partial charge in [-0.1, -0.05) is 24.6 Å². The summed E-state index contributed by atoms with van der Waals surface area (Å²) in [5.74, 6) is 1.71. The SMILES string of the molecule is CCNC(COc1cccc(Cl)c1)Cc1ncnn1C. The van der Waals surface area contributed by atoms with Crippen LogP contribution in [0.3, 0.4) is 0 Å². The largest absolute Gasteiger partial charge is 0.492 e. The number of aryl methyl sites for hydroxylation is 1. The van der Waals surface area contributed by atoms with Crippen LogP contribution in [0.25, 0.3) is 0 Å². The van der Waals surface area contributed by atoms with Gasteiger partial charge in [-0.2, -0.15) is 5.10 Å². The Morgan fingerprint density at radius 3 is 2.95 bits per heavy atom. The topological polar surface area (TPSA) is 52.0 Å². The molecule has 2 aromatic rings. The zero-order valence-electron chi connectivity index (χ0n) is 11.7. The average Bonchev–Trinajstić information content (AvgIpc) is 2.82. The number of benzene rings is 1. The minimum Gasteiger partial charge on any atom is -0.492 e. The van der Waals surface area contributed by atoms with Gasteiger partial charge in [-0.25, -0.2) is 4.98 Å². The number of likely N-dealkylation sites (N-methyl/N-ethyl adjacent to an activating group) is 1. The third kappa shape index (κ3) is 4.21. The normalized spacial score (nSPS) is 12.3. The van der Waals surface area contributed by atoms with Crippen molar-refractivity contribution >= 4 is 11.6 Å². The van der Waals surface area contributed by atoms with Crippen molar-refractivity contribution in [2.75, 3.05) is 13.2 Å². The van der Waals surface area contributed by atoms with Crippen LogP contribution in [0.2, 0.25) is 5.02 Å². The molecule has 1 heterocycles. The summed E-state index contributed by atoms with van der Waals surface area (Å²) in [5, 5.41) is 8.15. The van der Waals surface area contributed by atoms with E-state index in [2.05, 4.69) is 22.3 Å². The van der Waals surface area contributed by atoms with Crippen molar-refractivity contribution < 1.29 is 4.74 Å². The number of hydrogen-bond donors (Lipinski definition) is 1. The second-order valence-electron chi connectivity index (χ2n) is 4.53. The van der Waals surface area contributed by atoms with Gasteiger partial charge in [0.1, 0.15) is 24.5 Å². The molecule has 5 nitrogen and oxygen atoms in total. The second kappa shape index (κ2) is 7.26. The molecule has 1 aromatic carbocycles. The van der Waals surface area contributed by atoms with Crippen LogP contribution in [-0.4, -0.2) is 34.0 Å². The Balaban J connectivity index is 1.94. The summed E-state index contributed by atoms with van der Waals surface area (Å²) in [7, 11) is 1.89. The molecule has 0 aliphatic carbocycles. The van der Waals surface area contributed by atoms with Crippen molar-refractivity contribution in [2.24, 2.45) is 7.05 Å². The number of rotatable bonds is 7. The predicted octanol–water partition coefficient (Wildman–Crippen LogP) is 2.07. The van der Waals surface area contributed by atoms with Gasteiger partial charge < -0.3 is 10.1 Å². The molecule has 2 rings (SSSR count). The molecule has 108 valence electrons. The van der Waals surface area contributed by atoms with Crippen LogP contribution < -0.4 is 10.1 Å². The Hall–Kier alpha value is -1.59. The molecule has 1 atom stereocenters. The quantitative estimate of drug-likeness (QED) is 0.849. The first-order chi connectivity index (χ1) is 9.69. The Labute approximate surface area is 123 Å². The number of halogens is 1. The van der Waals surface area contributed by atoms with E-state index in [1.165, 1.54) is 0 Å². The van der Waals surface area contributed by atoms with E-state index in [4.69, 9.17) is 16.3 Å². The molecule has 1 N–H and O–H groups in total. The minimum atomic E-state index is 0.182. The van der Waals surface area contributed by atoms with Crippen LogP contribution in [-0.2, 0) is 13.5 Å². The Kier molecular flexibility index (Phi) is 5.38. The van der Waals surface area contributed by atoms with Crippen molar-refractivity contribution in [1.29, 1.82) is 0 Å². The number of nitrogens with one attached hydrogen (secondary N) is 1. The molecule has 0 saturated carbocycles. The van der Waals surface area contributed by atoms with Crippen LogP contribution >= 0.6 is 11.6 Å². The predicted molar refractivity (Wildman–Crippen MR) is 79.1 cm³/mol. The number of nitrogens with zero attached hydrogens (tertiary/aromatic N) is 3. The average molecular weight is 295 g/mol. The van der Waals surface area contributed by atoms with Crippen molar-refractivity contribution in [2.45, 2.75) is 19.4 Å². The van der Waals surface area contributed by atoms with E-state index < -0.39 is 0 Å². The van der Waals surface area contributed by atoms with E-state index in [1.807, 2.05) is 31.3 Å². The van der Waals surface area contributed by atoms with Crippen molar-refractivity contribution in [3.8, 4) is 5.75 Å². The third-order valence-corrected chi connectivity index (χ3v) is 3.21. The molecule has 0 saturated heterocycles. The first-order valence-electron chi connectivity index (χ1n) is 6.63. The lowest BCUT2D eigenvalue weighted by Crippen LogP contribution is -2.37. The summed E-state index contributed by atoms with van der Waals surface area (Å²) >= 11 is 5.94. The van der Waals surface area contributed by atoms with Gasteiger partial charge in [0.05, 0.1) is 0 Å². The number of ether oxygens (including phenoxy) is 1. The van der Waals surface area contributed by atoms with E-state index in [0.29, 0.717) is 11.6 Å². The molecule has 1 unspecified atom stereocenters. The van der Waals surface area contributed by atoms with E-state index >= 15 is 0 Å². The molecule has 6 heteroatoms. The van der Waals surface area contributed by atoms with Gasteiger partial charge in [0.15, 0.2) is 0 Å². The third-order valence-electron chi connectivity index (χ3n) is 2.97. The molecule has 0 radical (unpaired) electrons. The van der Waals surface area contributed by atoms with E-state index in [0.717, 1.165) is 24.5 Å². The minimum absolute atomic E-state index is 0.182. The molecule has 0 amide bonds. The summed E-state index contributed by atoms with van der Waals surface area (Å²) < 4.78 is 7.57. The summed E-state index contributed by atoms with van der Waals surface area (Å²) in [5.41, 5.74) is 0. The van der Waals surface area contributed by atoms with E-state index in [-0.39, 0.29) is 6.04 Å². The highest BCUT2D eigenvalue weighted by atomic mass is 35.5. The van der Waals surface area contributed by atoms with Crippen molar-refractivity contribution in [3.63, 3.8) is 0 Å². The van der Waals surface area contributed by atoms with Gasteiger partial charge in [-0.05, 0) is 24.7 Å². The smallest absolute Gasteiger partial charge is 0.138 e. The summed E-state index contributed by atoms with van der Waals surface area (Å²) in [6.07, 6.45) is 2.33. The summed E-state index contributed by atoms with van der Waals surface area (Å²) in [6.45, 7) is 3.51. The lowest BCUT2D eigenvalue weighted by Gasteiger charge is -2.18. The number of hydrogen-bond acceptors (Lipinski definition) is 4. The van der Waals surface area contributed by atoms with Gasteiger partial charge in [-0.15, -0.1) is 0 Å². The van der Waals surface area contributed by atoms with Gasteiger partial charge in [0.2, 0.25) is 0 Å². The first kappa shape index (κ1) is 14.8. The Bertz CT molecular complexity index is 543. The van der Waals surface area contributed by atoms with Crippen LogP contribution in [0.4, 0.5) is 0 Å². The fourth-order valence-electron chi connectivity index (χ4n) is 1.96. The zero-order chi connectivity index (χ0) is 14.4. The number of aromatic nitrogens is 3. The van der Waals surface area contributed by atoms with Gasteiger partial charge in [0, 0.05) is 24.5 Å². The zero-order valence-corrected chi connectivity index (χ0v) is 12.5. The van der Waals surface area contributed by atoms with Crippen LogP contribution in [0.5, 0.6) is 5.75 Å². The molecule has 0 spiro atoms. The fourth-order valence-corrected chi connectivity index (χ4v) is 2.14. The monoisotopic (exact) mass is 294 g/mol. The molecule has 0 aliphatic rings. The van der Waals surface area contributed by atoms with Gasteiger partial charge in [0.25, 0.3) is 0 Å². The highest BCUT2D eigenvalue weighted by Gasteiger charge is 2.13. The van der Waals surface area contributed by atoms with Gasteiger partial charge in [-0.3, -0.25) is 4.68 Å². The van der Waals surface area contributed by atoms with E-state index in [9.17, 15) is 0 Å². The highest BCUT2D eigenvalue weighted by molar-refractivity contribution is 6.30. The maximum atomic E-state index is 5.94. The van der Waals surface area contributed by atoms with Crippen LogP contribution in [0.15, 0.2) is 30.6 Å². The second-order valence-corrected chi connectivity index (χ2v) is 4.96. The maximum absolute atomic E-state index is 5.94. The molecular weight excluding hydrogens is 276 g/mol. The van der Waals surface area contributed by atoms with Crippen LogP contribution in [0, 0.1) is 0 Å². The fraction of sp³-hybridized carbons (Fsp3) is 0.429. The Morgan fingerprint density at radius 2 is 2.30 bits per heavy atom. The molecule has 0 bridgehead atoms. The van der Waals surface area contributed by atoms with Gasteiger partial charge >= 0.3 is 0 Å². The maximum Gasteiger partial charge on any atom is 0.138 e. The van der Waals surface area contributed by atoms with Crippen LogP contribution in [0.1, 0.15) is 12.7 Å². The summed E-state index contributed by atoms with van der Waals surface area (Å²) in [4.78, 5) is 4.24. The molecule has 0 aliphatic heterocycles. The van der Waals surface area contributed by atoms with Crippen molar-refractivity contribution in [3.05, 3.63) is 41.4 Å². The standard InChI is InChI=1S/C14H19ClN4O/c1-3-16-12(8-14-17-10-18-19(14)2)9-20-13-6-4-5-11(15)7-13/h4-7,10,12,16H,3,8-9H2,1-2H3. The molecular formula is C14H19ClN4O. The lowest BCUT2D eigenvalue weighted by molar-refractivity contribution is 0.262. The lowest BCUT2D eigenvalue weighted by atomic mass is 10.2. The molecule has 1 aromatic heterocycles. The summed E-state index contributed by atoms with van der Waals surface area (Å²) in [6, 6.07) is 7.60. The highest BCUT2D eigenvalue weighted by Crippen LogP contribution is 2.17. The Morgan fingerprint density at radius 1 is 1.45 bits per heavy atom. The molecule has 20 heavy (non-hydrogen) atoms. The van der Waals surface area contributed by atoms with E-state index in [1.54, 1.807) is 11.0 Å². The first-order valence-corrected chi connectivity index (χ1v) is 7.01.